The molecule has 0 unspecified atom stereocenters. The van der Waals surface area contributed by atoms with Crippen molar-refractivity contribution >= 4 is 12.2 Å². The molecule has 2 heterocycles. The first-order valence-corrected chi connectivity index (χ1v) is 13.0. The van der Waals surface area contributed by atoms with Crippen LogP contribution in [0.4, 0.5) is 9.59 Å². The summed E-state index contributed by atoms with van der Waals surface area (Å²) in [6.45, 7) is 1.58. The maximum absolute atomic E-state index is 12.6. The molecule has 3 aromatic carbocycles. The largest absolute Gasteiger partial charge is 0.449 e. The first kappa shape index (κ1) is 24.5. The van der Waals surface area contributed by atoms with Crippen LogP contribution in [0, 0.1) is 5.92 Å². The summed E-state index contributed by atoms with van der Waals surface area (Å²) >= 11 is 0. The molecule has 2 saturated heterocycles. The second-order valence-electron chi connectivity index (χ2n) is 9.87. The Labute approximate surface area is 221 Å². The maximum atomic E-state index is 12.6. The molecule has 8 nitrogen and oxygen atoms in total. The highest BCUT2D eigenvalue weighted by Gasteiger charge is 2.48. The highest BCUT2D eigenvalue weighted by Crippen LogP contribution is 2.44. The van der Waals surface area contributed by atoms with E-state index in [9.17, 15) is 9.59 Å². The number of benzene rings is 3. The number of hydrogen-bond acceptors (Lipinski definition) is 6. The SMILES string of the molecule is O=C(NC[C@H]1CO[C@H]2[C@@H]1OC[C@@H]2NC(=O)OCc1ccccc1)OCC1c2ccccc2-c2ccccc21. The van der Waals surface area contributed by atoms with Crippen molar-refractivity contribution < 1.29 is 28.5 Å². The van der Waals surface area contributed by atoms with Crippen LogP contribution in [0.15, 0.2) is 78.9 Å². The molecule has 0 saturated carbocycles. The third-order valence-corrected chi connectivity index (χ3v) is 7.52. The van der Waals surface area contributed by atoms with Crippen LogP contribution in [0.1, 0.15) is 22.6 Å². The Hall–Kier alpha value is -3.88. The van der Waals surface area contributed by atoms with Gasteiger partial charge in [0.25, 0.3) is 0 Å². The Morgan fingerprint density at radius 2 is 1.42 bits per heavy atom. The maximum Gasteiger partial charge on any atom is 0.407 e. The number of fused-ring (bicyclic) bond motifs is 4. The van der Waals surface area contributed by atoms with E-state index in [1.54, 1.807) is 0 Å². The Balaban J connectivity index is 0.965. The fourth-order valence-corrected chi connectivity index (χ4v) is 5.66. The molecule has 4 atom stereocenters. The lowest BCUT2D eigenvalue weighted by Crippen LogP contribution is -2.44. The lowest BCUT2D eigenvalue weighted by atomic mass is 9.98. The van der Waals surface area contributed by atoms with E-state index in [4.69, 9.17) is 18.9 Å². The van der Waals surface area contributed by atoms with Crippen molar-refractivity contribution in [2.24, 2.45) is 5.92 Å². The van der Waals surface area contributed by atoms with Crippen LogP contribution in [0.3, 0.4) is 0 Å². The van der Waals surface area contributed by atoms with Crippen LogP contribution in [0.2, 0.25) is 0 Å². The monoisotopic (exact) mass is 514 g/mol. The topological polar surface area (TPSA) is 95.1 Å². The molecule has 38 heavy (non-hydrogen) atoms. The first-order valence-electron chi connectivity index (χ1n) is 13.0. The van der Waals surface area contributed by atoms with Crippen LogP contribution >= 0.6 is 0 Å². The number of hydrogen-bond donors (Lipinski definition) is 2. The van der Waals surface area contributed by atoms with Gasteiger partial charge in [-0.15, -0.1) is 0 Å². The first-order chi connectivity index (χ1) is 18.7. The molecule has 2 N–H and O–H groups in total. The third-order valence-electron chi connectivity index (χ3n) is 7.52. The summed E-state index contributed by atoms with van der Waals surface area (Å²) in [5.74, 6) is -0.0217. The third kappa shape index (κ3) is 4.97. The summed E-state index contributed by atoms with van der Waals surface area (Å²) in [6.07, 6.45) is -1.48. The number of alkyl carbamates (subject to hydrolysis) is 2. The van der Waals surface area contributed by atoms with Crippen LogP contribution in [-0.4, -0.2) is 56.8 Å². The van der Waals surface area contributed by atoms with E-state index in [2.05, 4.69) is 34.9 Å². The minimum Gasteiger partial charge on any atom is -0.449 e. The molecule has 1 aliphatic carbocycles. The molecular formula is C30H30N2O6. The predicted molar refractivity (Wildman–Crippen MR) is 140 cm³/mol. The van der Waals surface area contributed by atoms with Gasteiger partial charge in [0.2, 0.25) is 0 Å². The van der Waals surface area contributed by atoms with Gasteiger partial charge in [-0.2, -0.15) is 0 Å². The zero-order valence-corrected chi connectivity index (χ0v) is 20.9. The van der Waals surface area contributed by atoms with Crippen molar-refractivity contribution in [2.45, 2.75) is 30.8 Å². The number of carbonyl (C=O) groups is 2. The fraction of sp³-hybridized carbons (Fsp3) is 0.333. The van der Waals surface area contributed by atoms with Crippen molar-refractivity contribution in [3.05, 3.63) is 95.6 Å². The predicted octanol–water partition coefficient (Wildman–Crippen LogP) is 4.23. The molecule has 8 heteroatoms. The van der Waals surface area contributed by atoms with Gasteiger partial charge in [0, 0.05) is 18.4 Å². The number of ether oxygens (including phenoxy) is 4. The van der Waals surface area contributed by atoms with Gasteiger partial charge in [0.1, 0.15) is 19.3 Å². The van der Waals surface area contributed by atoms with E-state index in [0.717, 1.165) is 5.56 Å². The van der Waals surface area contributed by atoms with E-state index in [1.165, 1.54) is 22.3 Å². The molecule has 0 bridgehead atoms. The molecule has 6 rings (SSSR count). The number of rotatable bonds is 7. The Bertz CT molecular complexity index is 1250. The molecule has 3 aliphatic rings. The Kier molecular flexibility index (Phi) is 6.98. The number of carbonyl (C=O) groups excluding carboxylic acids is 2. The summed E-state index contributed by atoms with van der Waals surface area (Å²) in [5, 5.41) is 5.72. The summed E-state index contributed by atoms with van der Waals surface area (Å²) < 4.78 is 22.8. The highest BCUT2D eigenvalue weighted by molar-refractivity contribution is 5.79. The standard InChI is InChI=1S/C30H30N2O6/c33-29(38-17-25-23-12-6-4-10-21(23)22-11-5-7-13-24(22)25)31-14-20-16-35-28-26(18-36-27(20)28)32-30(34)37-15-19-8-2-1-3-9-19/h1-13,20,25-28H,14-18H2,(H,31,33)(H,32,34)/t20-,26-,27+,28+/m0/s1. The zero-order chi connectivity index (χ0) is 25.9. The highest BCUT2D eigenvalue weighted by atomic mass is 16.6. The van der Waals surface area contributed by atoms with Gasteiger partial charge in [-0.05, 0) is 27.8 Å². The van der Waals surface area contributed by atoms with Crippen LogP contribution in [0.25, 0.3) is 11.1 Å². The molecule has 196 valence electrons. The normalized spacial score (nSPS) is 23.3. The summed E-state index contributed by atoms with van der Waals surface area (Å²) in [4.78, 5) is 24.9. The second kappa shape index (κ2) is 10.8. The minimum absolute atomic E-state index is 0.0130. The molecular weight excluding hydrogens is 484 g/mol. The van der Waals surface area contributed by atoms with Gasteiger partial charge in [-0.3, -0.25) is 0 Å². The van der Waals surface area contributed by atoms with E-state index < -0.39 is 12.2 Å². The van der Waals surface area contributed by atoms with Crippen molar-refractivity contribution in [1.82, 2.24) is 10.6 Å². The molecule has 0 aromatic heterocycles. The van der Waals surface area contributed by atoms with Crippen molar-refractivity contribution in [3.63, 3.8) is 0 Å². The molecule has 0 spiro atoms. The van der Waals surface area contributed by atoms with E-state index in [1.807, 2.05) is 54.6 Å². The smallest absolute Gasteiger partial charge is 0.407 e. The molecule has 2 aliphatic heterocycles. The molecule has 2 fully saturated rings. The lowest BCUT2D eigenvalue weighted by molar-refractivity contribution is 0.0614. The van der Waals surface area contributed by atoms with Crippen LogP contribution in [0.5, 0.6) is 0 Å². The summed E-state index contributed by atoms with van der Waals surface area (Å²) in [5.41, 5.74) is 5.65. The number of nitrogens with one attached hydrogen (secondary N) is 2. The van der Waals surface area contributed by atoms with Crippen molar-refractivity contribution in [1.29, 1.82) is 0 Å². The van der Waals surface area contributed by atoms with Gasteiger partial charge >= 0.3 is 12.2 Å². The lowest BCUT2D eigenvalue weighted by Gasteiger charge is -2.18. The Morgan fingerprint density at radius 1 is 0.763 bits per heavy atom. The van der Waals surface area contributed by atoms with Crippen molar-refractivity contribution in [3.8, 4) is 11.1 Å². The van der Waals surface area contributed by atoms with Gasteiger partial charge < -0.3 is 29.6 Å². The minimum atomic E-state index is -0.507. The van der Waals surface area contributed by atoms with E-state index in [0.29, 0.717) is 19.8 Å². The molecule has 0 radical (unpaired) electrons. The van der Waals surface area contributed by atoms with Crippen LogP contribution in [-0.2, 0) is 25.6 Å². The second-order valence-corrected chi connectivity index (χ2v) is 9.87. The van der Waals surface area contributed by atoms with E-state index in [-0.39, 0.29) is 43.3 Å². The van der Waals surface area contributed by atoms with E-state index >= 15 is 0 Å². The molecule has 2 amide bonds. The average Bonchev–Trinajstić information content (AvgIpc) is 3.63. The van der Waals surface area contributed by atoms with Gasteiger partial charge in [-0.1, -0.05) is 78.9 Å². The zero-order valence-electron chi connectivity index (χ0n) is 20.9. The quantitative estimate of drug-likeness (QED) is 0.490. The summed E-state index contributed by atoms with van der Waals surface area (Å²) in [6, 6.07) is 25.7. The molecule has 3 aromatic rings. The van der Waals surface area contributed by atoms with Crippen LogP contribution < -0.4 is 10.6 Å². The van der Waals surface area contributed by atoms with Crippen molar-refractivity contribution in [2.75, 3.05) is 26.4 Å². The van der Waals surface area contributed by atoms with Gasteiger partial charge in [0.05, 0.1) is 25.4 Å². The Morgan fingerprint density at radius 3 is 2.16 bits per heavy atom. The fourth-order valence-electron chi connectivity index (χ4n) is 5.66. The van der Waals surface area contributed by atoms with Gasteiger partial charge in [-0.25, -0.2) is 9.59 Å². The average molecular weight is 515 g/mol. The number of amides is 2. The van der Waals surface area contributed by atoms with Gasteiger partial charge in [0.15, 0.2) is 0 Å². The summed E-state index contributed by atoms with van der Waals surface area (Å²) in [7, 11) is 0.